The molecular formula is C46H46N8O15. The zero-order valence-corrected chi connectivity index (χ0v) is 38.1. The summed E-state index contributed by atoms with van der Waals surface area (Å²) in [4.78, 5) is 79.7. The second kappa shape index (κ2) is 25.4. The number of amides is 2. The molecule has 3 heterocycles. The number of nitro benzene ring substituents is 3. The summed E-state index contributed by atoms with van der Waals surface area (Å²) in [5.74, 6) is 1.97. The van der Waals surface area contributed by atoms with Crippen LogP contribution in [0.4, 0.5) is 38.3 Å². The second-order valence-electron chi connectivity index (χ2n) is 13.9. The maximum Gasteiger partial charge on any atom is 0.425 e. The number of anilines is 2. The van der Waals surface area contributed by atoms with Crippen LogP contribution in [0.25, 0.3) is 0 Å². The molecule has 0 unspecified atom stereocenters. The topological polar surface area (TPSA) is 304 Å². The van der Waals surface area contributed by atoms with E-state index in [9.17, 15) is 44.7 Å². The summed E-state index contributed by atoms with van der Waals surface area (Å²) in [6.07, 6.45) is 2.48. The number of hydrogen-bond donors (Lipinski definition) is 1. The van der Waals surface area contributed by atoms with Crippen molar-refractivity contribution >= 4 is 46.9 Å². The van der Waals surface area contributed by atoms with E-state index in [0.29, 0.717) is 62.7 Å². The van der Waals surface area contributed by atoms with Gasteiger partial charge in [-0.3, -0.25) is 40.1 Å². The van der Waals surface area contributed by atoms with E-state index in [1.807, 2.05) is 0 Å². The fraction of sp³-hybridized carbons (Fsp3) is 0.217. The molecule has 0 bridgehead atoms. The minimum absolute atomic E-state index is 0.0108. The zero-order chi connectivity index (χ0) is 50.6. The van der Waals surface area contributed by atoms with Crippen LogP contribution in [0.1, 0.15) is 43.2 Å². The Morgan fingerprint density at radius 1 is 0.522 bits per heavy atom. The van der Waals surface area contributed by atoms with Gasteiger partial charge in [0.25, 0.3) is 17.1 Å². The Hall–Kier alpha value is -9.28. The van der Waals surface area contributed by atoms with Gasteiger partial charge in [-0.15, -0.1) is 0 Å². The number of pyridine rings is 3. The molecule has 0 saturated heterocycles. The van der Waals surface area contributed by atoms with E-state index in [2.05, 4.69) is 15.0 Å². The van der Waals surface area contributed by atoms with Gasteiger partial charge in [0.1, 0.15) is 40.3 Å². The number of aryl methyl sites for hydroxylation is 3. The molecule has 0 aliphatic heterocycles. The van der Waals surface area contributed by atoms with Crippen molar-refractivity contribution in [2.75, 3.05) is 30.5 Å². The van der Waals surface area contributed by atoms with Crippen LogP contribution in [0.3, 0.4) is 0 Å². The lowest BCUT2D eigenvalue weighted by Crippen LogP contribution is -2.38. The van der Waals surface area contributed by atoms with Crippen molar-refractivity contribution in [1.82, 2.24) is 15.0 Å². The van der Waals surface area contributed by atoms with Gasteiger partial charge in [0, 0.05) is 53.5 Å². The first-order chi connectivity index (χ1) is 32.9. The molecule has 0 fully saturated rings. The highest BCUT2D eigenvalue weighted by molar-refractivity contribution is 6.08. The maximum atomic E-state index is 12.1. The van der Waals surface area contributed by atoms with Crippen molar-refractivity contribution in [3.05, 3.63) is 162 Å². The van der Waals surface area contributed by atoms with Crippen molar-refractivity contribution in [1.29, 1.82) is 0 Å². The van der Waals surface area contributed by atoms with Crippen molar-refractivity contribution < 1.29 is 57.6 Å². The smallest absolute Gasteiger partial charge is 0.425 e. The first-order valence-electron chi connectivity index (χ1n) is 20.6. The van der Waals surface area contributed by atoms with Gasteiger partial charge in [-0.25, -0.2) is 19.6 Å². The summed E-state index contributed by atoms with van der Waals surface area (Å²) in [5.41, 5.74) is 7.57. The molecule has 6 aromatic rings. The van der Waals surface area contributed by atoms with Crippen LogP contribution in [0.2, 0.25) is 0 Å². The molecule has 0 radical (unpaired) electrons. The van der Waals surface area contributed by atoms with Gasteiger partial charge in [-0.05, 0) is 96.1 Å². The Labute approximate surface area is 393 Å². The van der Waals surface area contributed by atoms with Crippen LogP contribution in [-0.4, -0.2) is 67.7 Å². The highest BCUT2D eigenvalue weighted by Gasteiger charge is 2.28. The SMILES string of the molecule is CCOC(=O)Cc1cc(Oc2ccc(C)c([N+](=O)[O-])c2)ccn1.CCOC(=O)N(C(=O)OCC)c1cc(Oc2ccc(C)c([N+](=O)[O-])c2)ccn1.Cc1ccc(Oc2ccnc(N)c2)cc1[N+](=O)[O-]. The van der Waals surface area contributed by atoms with Gasteiger partial charge in [0.05, 0.1) is 64.9 Å². The fourth-order valence-corrected chi connectivity index (χ4v) is 5.65. The number of aromatic nitrogens is 3. The average molecular weight is 951 g/mol. The molecule has 2 N–H and O–H groups in total. The lowest BCUT2D eigenvalue weighted by molar-refractivity contribution is -0.385. The summed E-state index contributed by atoms with van der Waals surface area (Å²) in [7, 11) is 0. The van der Waals surface area contributed by atoms with Gasteiger partial charge < -0.3 is 34.2 Å². The molecule has 69 heavy (non-hydrogen) atoms. The molecule has 23 heteroatoms. The summed E-state index contributed by atoms with van der Waals surface area (Å²) in [6.45, 7) is 10.3. The van der Waals surface area contributed by atoms with Crippen molar-refractivity contribution in [3.63, 3.8) is 0 Å². The normalized spacial score (nSPS) is 10.1. The monoisotopic (exact) mass is 950 g/mol. The quantitative estimate of drug-likeness (QED) is 0.0433. The van der Waals surface area contributed by atoms with Crippen LogP contribution < -0.4 is 24.8 Å². The van der Waals surface area contributed by atoms with Gasteiger partial charge in [-0.1, -0.05) is 0 Å². The molecule has 0 atom stereocenters. The minimum atomic E-state index is -0.948. The Kier molecular flexibility index (Phi) is 19.3. The van der Waals surface area contributed by atoms with Crippen LogP contribution in [0.15, 0.2) is 110 Å². The third-order valence-corrected chi connectivity index (χ3v) is 8.86. The standard InChI is InChI=1S/C18H19N3O7.C16H16N2O5.C12H11N3O3/c1-4-26-17(22)20(18(23)27-5-2)16-11-14(8-9-19-16)28-13-7-6-12(3)15(10-13)21(24)25;1-3-22-16(19)9-12-8-14(6-7-17-12)23-13-5-4-11(2)15(10-13)18(20)21;1-8-2-3-9(6-11(8)15(16)17)18-10-4-5-14-12(13)7-10/h6-11H,4-5H2,1-3H3;4-8,10H,3,9H2,1-2H3;2-7H,1H3,(H2,13,14). The van der Waals surface area contributed by atoms with E-state index < -0.39 is 27.0 Å². The summed E-state index contributed by atoms with van der Waals surface area (Å²) in [5, 5.41) is 32.8. The predicted molar refractivity (Wildman–Crippen MR) is 248 cm³/mol. The van der Waals surface area contributed by atoms with Gasteiger partial charge in [0.2, 0.25) is 0 Å². The van der Waals surface area contributed by atoms with E-state index in [1.165, 1.54) is 48.9 Å². The van der Waals surface area contributed by atoms with Crippen molar-refractivity contribution in [2.24, 2.45) is 0 Å². The Morgan fingerprint density at radius 2 is 0.899 bits per heavy atom. The molecule has 2 amide bonds. The number of imide groups is 1. The molecule has 0 saturated carbocycles. The summed E-state index contributed by atoms with van der Waals surface area (Å²) < 4.78 is 31.3. The van der Waals surface area contributed by atoms with Crippen LogP contribution in [0.5, 0.6) is 34.5 Å². The number of nitro groups is 3. The van der Waals surface area contributed by atoms with Gasteiger partial charge >= 0.3 is 18.2 Å². The number of carbonyl (C=O) groups is 3. The largest absolute Gasteiger partial charge is 0.466 e. The summed E-state index contributed by atoms with van der Waals surface area (Å²) >= 11 is 0. The first-order valence-corrected chi connectivity index (χ1v) is 20.6. The van der Waals surface area contributed by atoms with Crippen LogP contribution >= 0.6 is 0 Å². The van der Waals surface area contributed by atoms with E-state index in [1.54, 1.807) is 102 Å². The number of nitrogens with zero attached hydrogens (tertiary/aromatic N) is 7. The lowest BCUT2D eigenvalue weighted by atomic mass is 10.2. The zero-order valence-electron chi connectivity index (χ0n) is 38.1. The van der Waals surface area contributed by atoms with Crippen LogP contribution in [0, 0.1) is 51.1 Å². The predicted octanol–water partition coefficient (Wildman–Crippen LogP) is 10.1. The van der Waals surface area contributed by atoms with Gasteiger partial charge in [-0.2, -0.15) is 4.90 Å². The molecule has 360 valence electrons. The first kappa shape index (κ1) is 52.3. The molecule has 0 aliphatic carbocycles. The van der Waals surface area contributed by atoms with E-state index >= 15 is 0 Å². The second-order valence-corrected chi connectivity index (χ2v) is 13.9. The van der Waals surface area contributed by atoms with E-state index in [4.69, 9.17) is 34.2 Å². The molecule has 6 rings (SSSR count). The number of benzene rings is 3. The number of rotatable bonds is 15. The fourth-order valence-electron chi connectivity index (χ4n) is 5.65. The third-order valence-electron chi connectivity index (χ3n) is 8.86. The molecule has 0 aliphatic rings. The van der Waals surface area contributed by atoms with Crippen LogP contribution in [-0.2, 0) is 25.4 Å². The number of ether oxygens (including phenoxy) is 6. The maximum absolute atomic E-state index is 12.1. The third kappa shape index (κ3) is 16.0. The number of hydrogen-bond acceptors (Lipinski definition) is 19. The highest BCUT2D eigenvalue weighted by Crippen LogP contribution is 2.31. The van der Waals surface area contributed by atoms with E-state index in [0.717, 1.165) is 0 Å². The average Bonchev–Trinajstić information content (AvgIpc) is 3.29. The number of esters is 1. The highest BCUT2D eigenvalue weighted by atomic mass is 16.6. The molecular weight excluding hydrogens is 905 g/mol. The van der Waals surface area contributed by atoms with Gasteiger partial charge in [0.15, 0.2) is 5.82 Å². The van der Waals surface area contributed by atoms with Crippen molar-refractivity contribution in [3.8, 4) is 34.5 Å². The number of nitrogen functional groups attached to an aromatic ring is 1. The number of nitrogens with two attached hydrogens (primary N) is 1. The Balaban J connectivity index is 0.000000231. The number of carbonyl (C=O) groups excluding carboxylic acids is 3. The molecule has 3 aromatic heterocycles. The Bertz CT molecular complexity index is 2790. The molecule has 23 nitrogen and oxygen atoms in total. The van der Waals surface area contributed by atoms with Crippen molar-refractivity contribution in [2.45, 2.75) is 48.0 Å². The lowest BCUT2D eigenvalue weighted by Gasteiger charge is -2.18. The Morgan fingerprint density at radius 3 is 1.30 bits per heavy atom. The summed E-state index contributed by atoms with van der Waals surface area (Å²) in [6, 6.07) is 22.9. The molecule has 3 aromatic carbocycles. The minimum Gasteiger partial charge on any atom is -0.466 e. The molecule has 0 spiro atoms. The van der Waals surface area contributed by atoms with E-state index in [-0.39, 0.29) is 60.0 Å².